The van der Waals surface area contributed by atoms with Gasteiger partial charge in [0, 0.05) is 29.1 Å². The van der Waals surface area contributed by atoms with Gasteiger partial charge >= 0.3 is 0 Å². The number of hydrogen-bond acceptors (Lipinski definition) is 3. The summed E-state index contributed by atoms with van der Waals surface area (Å²) in [6.07, 6.45) is 4.85. The molecule has 16 heavy (non-hydrogen) atoms. The number of rotatable bonds is 4. The van der Waals surface area contributed by atoms with Crippen LogP contribution >= 0.6 is 23.5 Å². The average molecular weight is 253 g/mol. The summed E-state index contributed by atoms with van der Waals surface area (Å²) in [5.74, 6) is 1.20. The Morgan fingerprint density at radius 1 is 1.19 bits per heavy atom. The summed E-state index contributed by atoms with van der Waals surface area (Å²) in [4.78, 5) is 3.98. The molecule has 88 valence electrons. The maximum absolute atomic E-state index is 2.56. The molecular formula is C13H19NS2. The zero-order valence-electron chi connectivity index (χ0n) is 9.76. The van der Waals surface area contributed by atoms with Gasteiger partial charge in [-0.05, 0) is 31.2 Å². The fourth-order valence-corrected chi connectivity index (χ4v) is 3.80. The van der Waals surface area contributed by atoms with Crippen molar-refractivity contribution in [2.45, 2.75) is 23.0 Å². The third-order valence-electron chi connectivity index (χ3n) is 2.89. The van der Waals surface area contributed by atoms with Crippen LogP contribution in [0.5, 0.6) is 0 Å². The lowest BCUT2D eigenvalue weighted by Gasteiger charge is -2.30. The van der Waals surface area contributed by atoms with Crippen LogP contribution in [0.15, 0.2) is 35.2 Å². The maximum Gasteiger partial charge on any atom is 0.0441 e. The number of hydrogen-bond donors (Lipinski definition) is 0. The van der Waals surface area contributed by atoms with Crippen LogP contribution in [0.25, 0.3) is 0 Å². The highest BCUT2D eigenvalue weighted by Gasteiger charge is 2.19. The molecular weight excluding hydrogens is 234 g/mol. The second-order valence-electron chi connectivity index (χ2n) is 4.17. The Labute approximate surface area is 107 Å². The van der Waals surface area contributed by atoms with Crippen LogP contribution in [0.4, 0.5) is 0 Å². The van der Waals surface area contributed by atoms with Gasteiger partial charge in [-0.1, -0.05) is 18.2 Å². The first-order chi connectivity index (χ1) is 7.88. The van der Waals surface area contributed by atoms with Crippen LogP contribution in [0.2, 0.25) is 0 Å². The molecule has 2 rings (SSSR count). The third-order valence-corrected chi connectivity index (χ3v) is 4.86. The van der Waals surface area contributed by atoms with Crippen LogP contribution in [0, 0.1) is 0 Å². The summed E-state index contributed by atoms with van der Waals surface area (Å²) in [5.41, 5.74) is 0. The largest absolute Gasteiger partial charge is 0.294 e. The van der Waals surface area contributed by atoms with Crippen LogP contribution in [0.3, 0.4) is 0 Å². The van der Waals surface area contributed by atoms with Gasteiger partial charge < -0.3 is 0 Å². The Morgan fingerprint density at radius 2 is 1.88 bits per heavy atom. The molecule has 1 saturated heterocycles. The lowest BCUT2D eigenvalue weighted by molar-refractivity contribution is 0.271. The zero-order valence-corrected chi connectivity index (χ0v) is 11.4. The standard InChI is InChI=1S/C13H19NS2/c1-15-11-14-9-7-13(8-10-14)16-12-5-3-2-4-6-12/h2-6,13H,7-11H2,1H3. The molecule has 1 heterocycles. The first kappa shape index (κ1) is 12.3. The lowest BCUT2D eigenvalue weighted by atomic mass is 10.1. The Bertz CT molecular complexity index is 294. The van der Waals surface area contributed by atoms with E-state index in [1.165, 1.54) is 36.7 Å². The highest BCUT2D eigenvalue weighted by Crippen LogP contribution is 2.30. The molecule has 0 amide bonds. The number of nitrogens with zero attached hydrogens (tertiary/aromatic N) is 1. The van der Waals surface area contributed by atoms with Gasteiger partial charge in [0.05, 0.1) is 0 Å². The molecule has 1 aromatic carbocycles. The van der Waals surface area contributed by atoms with Gasteiger partial charge in [0.2, 0.25) is 0 Å². The van der Waals surface area contributed by atoms with Gasteiger partial charge in [0.25, 0.3) is 0 Å². The quantitative estimate of drug-likeness (QED) is 0.807. The van der Waals surface area contributed by atoms with Crippen LogP contribution in [-0.2, 0) is 0 Å². The molecule has 0 saturated carbocycles. The van der Waals surface area contributed by atoms with E-state index < -0.39 is 0 Å². The van der Waals surface area contributed by atoms with Crippen molar-refractivity contribution < 1.29 is 0 Å². The van der Waals surface area contributed by atoms with Gasteiger partial charge in [-0.2, -0.15) is 0 Å². The Morgan fingerprint density at radius 3 is 2.50 bits per heavy atom. The molecule has 1 aliphatic heterocycles. The molecule has 3 heteroatoms. The van der Waals surface area contributed by atoms with Crippen molar-refractivity contribution in [1.82, 2.24) is 4.90 Å². The Kier molecular flexibility index (Phi) is 5.07. The first-order valence-corrected chi connectivity index (χ1v) is 8.09. The smallest absolute Gasteiger partial charge is 0.0441 e. The lowest BCUT2D eigenvalue weighted by Crippen LogP contribution is -2.34. The molecule has 0 spiro atoms. The minimum Gasteiger partial charge on any atom is -0.294 e. The summed E-state index contributed by atoms with van der Waals surface area (Å²) < 4.78 is 0. The van der Waals surface area contributed by atoms with E-state index in [9.17, 15) is 0 Å². The molecule has 0 unspecified atom stereocenters. The average Bonchev–Trinajstić information content (AvgIpc) is 2.33. The molecule has 1 nitrogen and oxygen atoms in total. The van der Waals surface area contributed by atoms with Gasteiger partial charge in [0.1, 0.15) is 0 Å². The van der Waals surface area contributed by atoms with Gasteiger partial charge in [-0.3, -0.25) is 4.90 Å². The van der Waals surface area contributed by atoms with E-state index in [1.807, 2.05) is 11.8 Å². The first-order valence-electron chi connectivity index (χ1n) is 5.81. The molecule has 1 aromatic rings. The van der Waals surface area contributed by atoms with Crippen LogP contribution in [-0.4, -0.2) is 35.4 Å². The maximum atomic E-state index is 2.56. The van der Waals surface area contributed by atoms with E-state index in [1.54, 1.807) is 0 Å². The fourth-order valence-electron chi connectivity index (χ4n) is 2.03. The molecule has 0 atom stereocenters. The van der Waals surface area contributed by atoms with Gasteiger partial charge in [0.15, 0.2) is 0 Å². The van der Waals surface area contributed by atoms with Crippen molar-refractivity contribution in [3.63, 3.8) is 0 Å². The second kappa shape index (κ2) is 6.58. The van der Waals surface area contributed by atoms with Crippen LogP contribution in [0.1, 0.15) is 12.8 Å². The third kappa shape index (κ3) is 3.72. The zero-order chi connectivity index (χ0) is 11.2. The van der Waals surface area contributed by atoms with Crippen molar-refractivity contribution in [3.05, 3.63) is 30.3 Å². The molecule has 0 bridgehead atoms. The molecule has 0 aromatic heterocycles. The van der Waals surface area contributed by atoms with E-state index in [4.69, 9.17) is 0 Å². The van der Waals surface area contributed by atoms with Crippen molar-refractivity contribution in [2.75, 3.05) is 25.2 Å². The van der Waals surface area contributed by atoms with E-state index in [-0.39, 0.29) is 0 Å². The normalized spacial score (nSPS) is 18.8. The topological polar surface area (TPSA) is 3.24 Å². The number of piperidine rings is 1. The molecule has 0 aliphatic carbocycles. The predicted molar refractivity (Wildman–Crippen MR) is 75.3 cm³/mol. The minimum absolute atomic E-state index is 0.820. The minimum atomic E-state index is 0.820. The van der Waals surface area contributed by atoms with E-state index in [0.717, 1.165) is 5.25 Å². The highest BCUT2D eigenvalue weighted by molar-refractivity contribution is 8.00. The Balaban J connectivity index is 1.77. The summed E-state index contributed by atoms with van der Waals surface area (Å²) in [5, 5.41) is 0.820. The summed E-state index contributed by atoms with van der Waals surface area (Å²) >= 11 is 3.98. The fraction of sp³-hybridized carbons (Fsp3) is 0.538. The molecule has 1 fully saturated rings. The van der Waals surface area contributed by atoms with Gasteiger partial charge in [-0.25, -0.2) is 0 Å². The number of likely N-dealkylation sites (tertiary alicyclic amines) is 1. The summed E-state index contributed by atoms with van der Waals surface area (Å²) in [6, 6.07) is 10.8. The van der Waals surface area contributed by atoms with E-state index in [2.05, 4.69) is 53.2 Å². The predicted octanol–water partition coefficient (Wildman–Crippen LogP) is 3.56. The summed E-state index contributed by atoms with van der Waals surface area (Å²) in [6.45, 7) is 2.54. The molecule has 0 N–H and O–H groups in total. The van der Waals surface area contributed by atoms with Crippen molar-refractivity contribution in [1.29, 1.82) is 0 Å². The van der Waals surface area contributed by atoms with Gasteiger partial charge in [-0.15, -0.1) is 23.5 Å². The highest BCUT2D eigenvalue weighted by atomic mass is 32.2. The number of thioether (sulfide) groups is 2. The van der Waals surface area contributed by atoms with E-state index >= 15 is 0 Å². The van der Waals surface area contributed by atoms with Crippen molar-refractivity contribution in [3.8, 4) is 0 Å². The van der Waals surface area contributed by atoms with Crippen LogP contribution < -0.4 is 0 Å². The molecule has 1 aliphatic rings. The monoisotopic (exact) mass is 253 g/mol. The van der Waals surface area contributed by atoms with E-state index in [0.29, 0.717) is 0 Å². The number of benzene rings is 1. The SMILES string of the molecule is CSCN1CCC(Sc2ccccc2)CC1. The van der Waals surface area contributed by atoms with Crippen molar-refractivity contribution in [2.24, 2.45) is 0 Å². The Hall–Kier alpha value is -0.120. The molecule has 0 radical (unpaired) electrons. The summed E-state index contributed by atoms with van der Waals surface area (Å²) in [7, 11) is 0. The van der Waals surface area contributed by atoms with Crippen molar-refractivity contribution >= 4 is 23.5 Å². The second-order valence-corrected chi connectivity index (χ2v) is 6.38.